The highest BCUT2D eigenvalue weighted by Crippen LogP contribution is 2.49. The molecule has 0 saturated heterocycles. The number of fused-ring (bicyclic) bond motifs is 6. The third kappa shape index (κ3) is 7.18. The van der Waals surface area contributed by atoms with Crippen LogP contribution < -0.4 is 5.73 Å². The molecule has 0 radical (unpaired) electrons. The monoisotopic (exact) mass is 696 g/mol. The molecule has 3 heteroatoms. The number of rotatable bonds is 5. The van der Waals surface area contributed by atoms with Crippen LogP contribution in [-0.2, 0) is 12.8 Å². The second kappa shape index (κ2) is 15.5. The quantitative estimate of drug-likeness (QED) is 0.199. The number of thioether (sulfide) groups is 1. The van der Waals surface area contributed by atoms with Gasteiger partial charge in [0.2, 0.25) is 0 Å². The van der Waals surface area contributed by atoms with Crippen molar-refractivity contribution < 1.29 is 0 Å². The van der Waals surface area contributed by atoms with Gasteiger partial charge in [0.15, 0.2) is 0 Å². The minimum absolute atomic E-state index is 0.0158. The van der Waals surface area contributed by atoms with Gasteiger partial charge in [-0.25, -0.2) is 0 Å². The van der Waals surface area contributed by atoms with Crippen LogP contribution in [0.1, 0.15) is 85.3 Å². The second-order valence-electron chi connectivity index (χ2n) is 14.2. The van der Waals surface area contributed by atoms with Crippen LogP contribution in [0.15, 0.2) is 161 Å². The van der Waals surface area contributed by atoms with Gasteiger partial charge in [0.25, 0.3) is 0 Å². The molecule has 3 atom stereocenters. The van der Waals surface area contributed by atoms with E-state index in [9.17, 15) is 0 Å². The van der Waals surface area contributed by atoms with E-state index < -0.39 is 0 Å². The molecule has 2 heterocycles. The smallest absolute Gasteiger partial charge is 0.140 e. The molecule has 2 N–H and O–H groups in total. The van der Waals surface area contributed by atoms with Crippen LogP contribution in [-0.4, -0.2) is 17.1 Å². The highest BCUT2D eigenvalue weighted by molar-refractivity contribution is 8.00. The van der Waals surface area contributed by atoms with E-state index in [0.717, 1.165) is 37.8 Å². The molecule has 0 spiro atoms. The summed E-state index contributed by atoms with van der Waals surface area (Å²) in [5.74, 6) is 0.526. The van der Waals surface area contributed by atoms with E-state index in [-0.39, 0.29) is 6.17 Å². The lowest BCUT2D eigenvalue weighted by atomic mass is 9.86. The van der Waals surface area contributed by atoms with Crippen molar-refractivity contribution >= 4 is 28.6 Å². The van der Waals surface area contributed by atoms with Gasteiger partial charge in [-0.3, -0.25) is 4.99 Å². The molecule has 52 heavy (non-hydrogen) atoms. The fourth-order valence-corrected chi connectivity index (χ4v) is 9.71. The van der Waals surface area contributed by atoms with Crippen molar-refractivity contribution in [3.63, 3.8) is 0 Å². The molecule has 260 valence electrons. The van der Waals surface area contributed by atoms with E-state index in [4.69, 9.17) is 5.73 Å². The van der Waals surface area contributed by atoms with Crippen molar-refractivity contribution in [3.8, 4) is 11.1 Å². The van der Waals surface area contributed by atoms with Crippen LogP contribution in [0.25, 0.3) is 22.3 Å². The first-order valence-electron chi connectivity index (χ1n) is 19.2. The Kier molecular flexibility index (Phi) is 10.2. The Balaban J connectivity index is 0.000000180. The molecule has 4 aliphatic carbocycles. The summed E-state index contributed by atoms with van der Waals surface area (Å²) in [5, 5.41) is 0.533. The van der Waals surface area contributed by atoms with Crippen LogP contribution >= 0.6 is 11.8 Å². The molecular formula is C49H48N2S. The molecule has 0 amide bonds. The summed E-state index contributed by atoms with van der Waals surface area (Å²) in [6, 6.07) is 33.4. The number of hydrogen-bond acceptors (Lipinski definition) is 3. The third-order valence-electron chi connectivity index (χ3n) is 10.9. The Morgan fingerprint density at radius 3 is 2.37 bits per heavy atom. The number of aliphatic imine (C=N–C) groups is 1. The maximum Gasteiger partial charge on any atom is 0.140 e. The maximum absolute atomic E-state index is 5.68. The van der Waals surface area contributed by atoms with E-state index in [1.807, 2.05) is 31.7 Å². The Bertz CT molecular complexity index is 2190. The Morgan fingerprint density at radius 2 is 1.54 bits per heavy atom. The van der Waals surface area contributed by atoms with E-state index in [0.29, 0.717) is 11.2 Å². The molecular weight excluding hydrogens is 649 g/mol. The van der Waals surface area contributed by atoms with E-state index in [1.165, 1.54) is 84.5 Å². The second-order valence-corrected chi connectivity index (χ2v) is 15.4. The summed E-state index contributed by atoms with van der Waals surface area (Å²) in [5.41, 5.74) is 24.1. The van der Waals surface area contributed by atoms with Crippen molar-refractivity contribution in [2.75, 3.05) is 0 Å². The summed E-state index contributed by atoms with van der Waals surface area (Å²) in [6.07, 6.45) is 26.4. The molecule has 4 aromatic rings. The first-order valence-corrected chi connectivity index (χ1v) is 20.1. The zero-order chi connectivity index (χ0) is 35.4. The summed E-state index contributed by atoms with van der Waals surface area (Å²) in [6.45, 7) is 4.00. The Hall–Kier alpha value is -4.70. The first-order chi connectivity index (χ1) is 25.7. The van der Waals surface area contributed by atoms with Gasteiger partial charge < -0.3 is 5.73 Å². The molecule has 0 bridgehead atoms. The summed E-state index contributed by atoms with van der Waals surface area (Å²) in [7, 11) is 0. The number of nitrogens with zero attached hydrogens (tertiary/aromatic N) is 1. The van der Waals surface area contributed by atoms with Gasteiger partial charge in [-0.2, -0.15) is 0 Å². The van der Waals surface area contributed by atoms with Crippen LogP contribution in [0.2, 0.25) is 0 Å². The molecule has 6 aliphatic rings. The topological polar surface area (TPSA) is 38.4 Å². The van der Waals surface area contributed by atoms with Gasteiger partial charge in [0.05, 0.1) is 5.71 Å². The van der Waals surface area contributed by atoms with Crippen molar-refractivity contribution in [1.82, 2.24) is 0 Å². The molecule has 0 aromatic heterocycles. The molecule has 2 nitrogen and oxygen atoms in total. The van der Waals surface area contributed by atoms with Crippen LogP contribution in [0.4, 0.5) is 0 Å². The van der Waals surface area contributed by atoms with Gasteiger partial charge in [-0.15, -0.1) is 11.8 Å². The first kappa shape index (κ1) is 34.4. The lowest BCUT2D eigenvalue weighted by Crippen LogP contribution is -2.11. The maximum atomic E-state index is 5.68. The molecule has 4 aromatic carbocycles. The molecule has 0 saturated carbocycles. The Labute approximate surface area is 314 Å². The van der Waals surface area contributed by atoms with Gasteiger partial charge >= 0.3 is 0 Å². The third-order valence-corrected chi connectivity index (χ3v) is 12.2. The van der Waals surface area contributed by atoms with Crippen molar-refractivity contribution in [1.29, 1.82) is 0 Å². The predicted molar refractivity (Wildman–Crippen MR) is 224 cm³/mol. The normalized spacial score (nSPS) is 21.5. The fourth-order valence-electron chi connectivity index (χ4n) is 8.29. The van der Waals surface area contributed by atoms with Gasteiger partial charge in [-0.1, -0.05) is 147 Å². The largest absolute Gasteiger partial charge is 0.305 e. The Morgan fingerprint density at radius 1 is 0.769 bits per heavy atom. The standard InChI is InChI=1S/C33H28S.C14H14N2.C2H6/c1-2-4-10-24(9-3-1)30-19-23(18-26-21-25-11-5-6-12-27(25)33(26)30)17-22-15-16-29-28-13-7-8-14-31(28)34-32(29)20-22;15-14-13(16-14)12-8-6-11(7-9-12)10-4-2-1-3-5-10;1-2/h1,3,5-9,11-16,18-20,29,32H,2,4,10,17,21H2;1-6,8,14H,7,9,15H2;1-2H3. The SMILES string of the molecule is C1=CCCCC(c2cc(CC3=CC4Sc5ccccc5C4C=C3)cc3c2-c2ccccc2C3)=C1.CC.NC1N=C1C1=CC=C(c2ccccc2)CC1. The van der Waals surface area contributed by atoms with E-state index in [2.05, 4.69) is 139 Å². The minimum atomic E-state index is -0.0158. The lowest BCUT2D eigenvalue weighted by Gasteiger charge is -2.20. The van der Waals surface area contributed by atoms with Crippen LogP contribution in [0.3, 0.4) is 0 Å². The number of allylic oxidation sites excluding steroid dienone is 10. The average Bonchev–Trinajstić information content (AvgIpc) is 3.77. The van der Waals surface area contributed by atoms with Crippen molar-refractivity contribution in [2.24, 2.45) is 10.7 Å². The summed E-state index contributed by atoms with van der Waals surface area (Å²) in [4.78, 5) is 5.62. The molecule has 2 aliphatic heterocycles. The average molecular weight is 697 g/mol. The molecule has 3 unspecified atom stereocenters. The van der Waals surface area contributed by atoms with Gasteiger partial charge in [-0.05, 0) is 118 Å². The lowest BCUT2D eigenvalue weighted by molar-refractivity contribution is 0.865. The minimum Gasteiger partial charge on any atom is -0.305 e. The predicted octanol–water partition coefficient (Wildman–Crippen LogP) is 12.2. The number of benzene rings is 4. The van der Waals surface area contributed by atoms with Crippen molar-refractivity contribution in [2.45, 2.75) is 81.0 Å². The highest BCUT2D eigenvalue weighted by Gasteiger charge is 2.32. The fraction of sp³-hybridized carbons (Fsp3) is 0.245. The highest BCUT2D eigenvalue weighted by atomic mass is 32.2. The number of hydrogen-bond donors (Lipinski definition) is 1. The summed E-state index contributed by atoms with van der Waals surface area (Å²) >= 11 is 2.03. The van der Waals surface area contributed by atoms with Crippen molar-refractivity contribution in [3.05, 3.63) is 184 Å². The van der Waals surface area contributed by atoms with Gasteiger partial charge in [0, 0.05) is 16.1 Å². The van der Waals surface area contributed by atoms with E-state index >= 15 is 0 Å². The zero-order valence-corrected chi connectivity index (χ0v) is 31.2. The molecule has 0 fully saturated rings. The van der Waals surface area contributed by atoms with E-state index in [1.54, 1.807) is 0 Å². The zero-order valence-electron chi connectivity index (χ0n) is 30.4. The van der Waals surface area contributed by atoms with Gasteiger partial charge in [0.1, 0.15) is 6.17 Å². The van der Waals surface area contributed by atoms with Crippen LogP contribution in [0, 0.1) is 0 Å². The summed E-state index contributed by atoms with van der Waals surface area (Å²) < 4.78 is 0. The number of nitrogens with two attached hydrogens (primary N) is 1. The van der Waals surface area contributed by atoms with Crippen LogP contribution in [0.5, 0.6) is 0 Å². The molecule has 10 rings (SSSR count).